The third-order valence-corrected chi connectivity index (χ3v) is 6.21. The van der Waals surface area contributed by atoms with Crippen molar-refractivity contribution in [2.24, 2.45) is 7.05 Å². The summed E-state index contributed by atoms with van der Waals surface area (Å²) in [5, 5.41) is 14.7. The SMILES string of the molecule is Cc1ccc(NC(=O)C(C)Sc2nnc(CC(=O)Nc3ccc(C)c(Cl)c3)n2C)cc1. The third-order valence-electron chi connectivity index (χ3n) is 4.67. The Kier molecular flexibility index (Phi) is 7.35. The van der Waals surface area contributed by atoms with Crippen molar-refractivity contribution in [2.75, 3.05) is 10.6 Å². The lowest BCUT2D eigenvalue weighted by Gasteiger charge is -2.12. The standard InChI is InChI=1S/C22H24ClN5O2S/c1-13-5-8-16(9-6-13)25-21(30)15(3)31-22-27-26-19(28(22)4)12-20(29)24-17-10-7-14(2)18(23)11-17/h5-11,15H,12H2,1-4H3,(H,24,29)(H,25,30). The van der Waals surface area contributed by atoms with Crippen molar-refractivity contribution in [1.82, 2.24) is 14.8 Å². The monoisotopic (exact) mass is 457 g/mol. The first-order chi connectivity index (χ1) is 14.7. The first-order valence-electron chi connectivity index (χ1n) is 9.71. The fraction of sp³-hybridized carbons (Fsp3) is 0.273. The van der Waals surface area contributed by atoms with Crippen LogP contribution in [0.4, 0.5) is 11.4 Å². The quantitative estimate of drug-likeness (QED) is 0.514. The number of hydrogen-bond donors (Lipinski definition) is 2. The van der Waals surface area contributed by atoms with Crippen molar-refractivity contribution in [3.05, 3.63) is 64.4 Å². The molecule has 0 aliphatic carbocycles. The zero-order valence-corrected chi connectivity index (χ0v) is 19.3. The van der Waals surface area contributed by atoms with Crippen LogP contribution in [0.15, 0.2) is 47.6 Å². The zero-order chi connectivity index (χ0) is 22.5. The van der Waals surface area contributed by atoms with Gasteiger partial charge in [-0.25, -0.2) is 0 Å². The maximum Gasteiger partial charge on any atom is 0.237 e. The molecule has 1 atom stereocenters. The number of hydrogen-bond acceptors (Lipinski definition) is 5. The van der Waals surface area contributed by atoms with E-state index in [0.29, 0.717) is 21.7 Å². The lowest BCUT2D eigenvalue weighted by atomic mass is 10.2. The highest BCUT2D eigenvalue weighted by atomic mass is 35.5. The Hall–Kier alpha value is -2.84. The Bertz CT molecular complexity index is 1100. The molecule has 0 spiro atoms. The summed E-state index contributed by atoms with van der Waals surface area (Å²) in [5.41, 5.74) is 3.44. The van der Waals surface area contributed by atoms with Gasteiger partial charge in [-0.15, -0.1) is 10.2 Å². The highest BCUT2D eigenvalue weighted by Gasteiger charge is 2.20. The van der Waals surface area contributed by atoms with Gasteiger partial charge in [-0.3, -0.25) is 9.59 Å². The lowest BCUT2D eigenvalue weighted by Crippen LogP contribution is -2.23. The topological polar surface area (TPSA) is 88.9 Å². The van der Waals surface area contributed by atoms with Gasteiger partial charge in [0.25, 0.3) is 0 Å². The van der Waals surface area contributed by atoms with Gasteiger partial charge in [0.1, 0.15) is 5.82 Å². The van der Waals surface area contributed by atoms with E-state index < -0.39 is 0 Å². The van der Waals surface area contributed by atoms with E-state index in [1.165, 1.54) is 11.8 Å². The van der Waals surface area contributed by atoms with Gasteiger partial charge in [0.2, 0.25) is 11.8 Å². The lowest BCUT2D eigenvalue weighted by molar-refractivity contribution is -0.116. The fourth-order valence-corrected chi connectivity index (χ4v) is 3.73. The number of aromatic nitrogens is 3. The van der Waals surface area contributed by atoms with Gasteiger partial charge in [0.05, 0.1) is 11.7 Å². The first-order valence-corrected chi connectivity index (χ1v) is 11.0. The maximum atomic E-state index is 12.5. The summed E-state index contributed by atoms with van der Waals surface area (Å²) in [7, 11) is 1.78. The number of anilines is 2. The third kappa shape index (κ3) is 6.08. The molecule has 2 amide bonds. The van der Waals surface area contributed by atoms with Crippen LogP contribution in [0, 0.1) is 13.8 Å². The van der Waals surface area contributed by atoms with Gasteiger partial charge in [-0.2, -0.15) is 0 Å². The molecule has 1 heterocycles. The molecule has 0 radical (unpaired) electrons. The van der Waals surface area contributed by atoms with Crippen LogP contribution in [-0.2, 0) is 23.1 Å². The van der Waals surface area contributed by atoms with Gasteiger partial charge in [0, 0.05) is 23.4 Å². The predicted molar refractivity (Wildman–Crippen MR) is 125 cm³/mol. The Balaban J connectivity index is 1.58. The molecule has 7 nitrogen and oxygen atoms in total. The van der Waals surface area contributed by atoms with E-state index in [1.54, 1.807) is 30.7 Å². The molecule has 3 rings (SSSR count). The summed E-state index contributed by atoms with van der Waals surface area (Å²) < 4.78 is 1.72. The minimum absolute atomic E-state index is 0.0551. The van der Waals surface area contributed by atoms with Crippen LogP contribution in [0.1, 0.15) is 23.9 Å². The van der Waals surface area contributed by atoms with Gasteiger partial charge < -0.3 is 15.2 Å². The molecule has 0 saturated heterocycles. The Morgan fingerprint density at radius 3 is 2.42 bits per heavy atom. The van der Waals surface area contributed by atoms with Crippen molar-refractivity contribution in [3.8, 4) is 0 Å². The molecule has 0 bridgehead atoms. The molecule has 0 fully saturated rings. The number of halogens is 1. The Morgan fingerprint density at radius 2 is 1.74 bits per heavy atom. The largest absolute Gasteiger partial charge is 0.326 e. The van der Waals surface area contributed by atoms with Crippen molar-refractivity contribution < 1.29 is 9.59 Å². The van der Waals surface area contributed by atoms with E-state index in [0.717, 1.165) is 16.8 Å². The Labute approximate surface area is 190 Å². The smallest absolute Gasteiger partial charge is 0.237 e. The zero-order valence-electron chi connectivity index (χ0n) is 17.8. The number of aryl methyl sites for hydroxylation is 2. The van der Waals surface area contributed by atoms with Crippen LogP contribution in [0.2, 0.25) is 5.02 Å². The summed E-state index contributed by atoms with van der Waals surface area (Å²) in [6.45, 7) is 5.69. The van der Waals surface area contributed by atoms with E-state index in [-0.39, 0.29) is 23.5 Å². The average Bonchev–Trinajstić information content (AvgIpc) is 3.05. The molecule has 31 heavy (non-hydrogen) atoms. The molecule has 0 aliphatic heterocycles. The molecule has 3 aromatic rings. The van der Waals surface area contributed by atoms with Crippen LogP contribution in [-0.4, -0.2) is 31.8 Å². The number of rotatable bonds is 7. The molecular weight excluding hydrogens is 434 g/mol. The van der Waals surface area contributed by atoms with Crippen molar-refractivity contribution >= 4 is 46.6 Å². The van der Waals surface area contributed by atoms with Crippen molar-refractivity contribution in [1.29, 1.82) is 0 Å². The molecule has 2 aromatic carbocycles. The number of nitrogens with one attached hydrogen (secondary N) is 2. The van der Waals surface area contributed by atoms with Crippen LogP contribution >= 0.6 is 23.4 Å². The van der Waals surface area contributed by atoms with Gasteiger partial charge in [0.15, 0.2) is 5.16 Å². The molecule has 2 N–H and O–H groups in total. The second kappa shape index (κ2) is 9.98. The second-order valence-corrected chi connectivity index (χ2v) is 8.98. The molecule has 162 valence electrons. The number of benzene rings is 2. The summed E-state index contributed by atoms with van der Waals surface area (Å²) >= 11 is 7.39. The highest BCUT2D eigenvalue weighted by molar-refractivity contribution is 8.00. The fourth-order valence-electron chi connectivity index (χ4n) is 2.71. The summed E-state index contributed by atoms with van der Waals surface area (Å²) in [6.07, 6.45) is 0.0551. The number of nitrogens with zero attached hydrogens (tertiary/aromatic N) is 3. The van der Waals surface area contributed by atoms with E-state index >= 15 is 0 Å². The van der Waals surface area contributed by atoms with E-state index in [9.17, 15) is 9.59 Å². The molecule has 0 aliphatic rings. The summed E-state index contributed by atoms with van der Waals surface area (Å²) in [5.74, 6) is 0.147. The number of thioether (sulfide) groups is 1. The normalized spacial score (nSPS) is 11.8. The Morgan fingerprint density at radius 1 is 1.06 bits per heavy atom. The molecule has 9 heteroatoms. The van der Waals surface area contributed by atoms with Crippen LogP contribution in [0.5, 0.6) is 0 Å². The van der Waals surface area contributed by atoms with Crippen molar-refractivity contribution in [3.63, 3.8) is 0 Å². The highest BCUT2D eigenvalue weighted by Crippen LogP contribution is 2.23. The second-order valence-electron chi connectivity index (χ2n) is 7.26. The minimum atomic E-state index is -0.388. The molecular formula is C22H24ClN5O2S. The van der Waals surface area contributed by atoms with Gasteiger partial charge in [-0.05, 0) is 50.6 Å². The minimum Gasteiger partial charge on any atom is -0.326 e. The summed E-state index contributed by atoms with van der Waals surface area (Å²) in [6, 6.07) is 13.0. The number of amides is 2. The van der Waals surface area contributed by atoms with Gasteiger partial charge in [-0.1, -0.05) is 47.1 Å². The molecule has 1 unspecified atom stereocenters. The number of carbonyl (C=O) groups excluding carboxylic acids is 2. The van der Waals surface area contributed by atoms with E-state index in [4.69, 9.17) is 11.6 Å². The van der Waals surface area contributed by atoms with Crippen LogP contribution in [0.25, 0.3) is 0 Å². The summed E-state index contributed by atoms with van der Waals surface area (Å²) in [4.78, 5) is 24.9. The number of carbonyl (C=O) groups is 2. The average molecular weight is 458 g/mol. The van der Waals surface area contributed by atoms with E-state index in [1.807, 2.05) is 44.2 Å². The first kappa shape index (κ1) is 22.8. The van der Waals surface area contributed by atoms with Crippen LogP contribution in [0.3, 0.4) is 0 Å². The van der Waals surface area contributed by atoms with Crippen molar-refractivity contribution in [2.45, 2.75) is 37.6 Å². The molecule has 0 saturated carbocycles. The van der Waals surface area contributed by atoms with E-state index in [2.05, 4.69) is 20.8 Å². The maximum absolute atomic E-state index is 12.5. The van der Waals surface area contributed by atoms with Crippen LogP contribution < -0.4 is 10.6 Å². The molecule has 1 aromatic heterocycles. The van der Waals surface area contributed by atoms with Gasteiger partial charge >= 0.3 is 0 Å². The predicted octanol–water partition coefficient (Wildman–Crippen LogP) is 4.39.